The second-order valence-electron chi connectivity index (χ2n) is 7.59. The largest absolute Gasteiger partial charge is 0.339 e. The van der Waals surface area contributed by atoms with Crippen LogP contribution in [0.2, 0.25) is 0 Å². The molecule has 0 saturated carbocycles. The molecule has 2 aromatic rings. The summed E-state index contributed by atoms with van der Waals surface area (Å²) in [7, 11) is 0. The molecule has 0 aliphatic heterocycles. The van der Waals surface area contributed by atoms with Crippen LogP contribution in [0.3, 0.4) is 0 Å². The molecule has 0 aliphatic rings. The van der Waals surface area contributed by atoms with Crippen LogP contribution in [0.4, 0.5) is 0 Å². The normalized spacial score (nSPS) is 11.0. The number of hydrogen-bond donors (Lipinski definition) is 0. The van der Waals surface area contributed by atoms with Crippen molar-refractivity contribution in [2.45, 2.75) is 53.5 Å². The number of carbonyl (C=O) groups excluding carboxylic acids is 1. The van der Waals surface area contributed by atoms with Crippen LogP contribution in [0.25, 0.3) is 0 Å². The van der Waals surface area contributed by atoms with Crippen molar-refractivity contribution < 1.29 is 4.79 Å². The van der Waals surface area contributed by atoms with Gasteiger partial charge in [0.25, 0.3) is 0 Å². The Labute approximate surface area is 163 Å². The summed E-state index contributed by atoms with van der Waals surface area (Å²) in [4.78, 5) is 14.7. The molecule has 0 atom stereocenters. The topological polar surface area (TPSA) is 38.1 Å². The number of benzene rings is 1. The van der Waals surface area contributed by atoms with Gasteiger partial charge in [-0.15, -0.1) is 6.58 Å². The van der Waals surface area contributed by atoms with Crippen LogP contribution in [0, 0.1) is 19.8 Å². The number of aryl methyl sites for hydroxylation is 1. The zero-order valence-corrected chi connectivity index (χ0v) is 17.2. The van der Waals surface area contributed by atoms with Gasteiger partial charge in [0.15, 0.2) is 0 Å². The highest BCUT2D eigenvalue weighted by atomic mass is 16.2. The Kier molecular flexibility index (Phi) is 7.83. The van der Waals surface area contributed by atoms with Crippen molar-refractivity contribution in [3.05, 3.63) is 65.5 Å². The fraction of sp³-hybridized carbons (Fsp3) is 0.478. The first-order chi connectivity index (χ1) is 12.9. The molecule has 1 amide bonds. The van der Waals surface area contributed by atoms with Crippen molar-refractivity contribution >= 4 is 5.91 Å². The van der Waals surface area contributed by atoms with Crippen molar-refractivity contribution in [1.29, 1.82) is 0 Å². The van der Waals surface area contributed by atoms with Gasteiger partial charge in [-0.3, -0.25) is 9.48 Å². The summed E-state index contributed by atoms with van der Waals surface area (Å²) in [5.74, 6) is 0.736. The zero-order chi connectivity index (χ0) is 19.8. The van der Waals surface area contributed by atoms with Crippen LogP contribution in [0.1, 0.15) is 42.8 Å². The first kappa shape index (κ1) is 20.9. The van der Waals surface area contributed by atoms with E-state index >= 15 is 0 Å². The van der Waals surface area contributed by atoms with E-state index in [0.717, 1.165) is 31.6 Å². The maximum atomic E-state index is 12.8. The van der Waals surface area contributed by atoms with Gasteiger partial charge >= 0.3 is 0 Å². The van der Waals surface area contributed by atoms with Gasteiger partial charge in [0.05, 0.1) is 5.69 Å². The van der Waals surface area contributed by atoms with Crippen LogP contribution < -0.4 is 0 Å². The van der Waals surface area contributed by atoms with Crippen molar-refractivity contribution in [3.63, 3.8) is 0 Å². The Morgan fingerprint density at radius 2 is 1.93 bits per heavy atom. The van der Waals surface area contributed by atoms with Crippen LogP contribution in [0.15, 0.2) is 43.0 Å². The number of nitrogens with zero attached hydrogens (tertiary/aromatic N) is 3. The SMILES string of the molecule is C=CCN(CCc1ccccc1)C(=O)CCc1c(C)nn(CC(C)C)c1C. The molecule has 0 bridgehead atoms. The van der Waals surface area contributed by atoms with Gasteiger partial charge in [-0.05, 0) is 43.7 Å². The first-order valence-corrected chi connectivity index (χ1v) is 9.87. The van der Waals surface area contributed by atoms with E-state index in [1.54, 1.807) is 6.08 Å². The van der Waals surface area contributed by atoms with E-state index in [4.69, 9.17) is 0 Å². The monoisotopic (exact) mass is 367 g/mol. The van der Waals surface area contributed by atoms with Gasteiger partial charge in [0.2, 0.25) is 5.91 Å². The van der Waals surface area contributed by atoms with E-state index in [0.29, 0.717) is 18.9 Å². The van der Waals surface area contributed by atoms with Crippen LogP contribution >= 0.6 is 0 Å². The van der Waals surface area contributed by atoms with E-state index in [1.807, 2.05) is 30.0 Å². The van der Waals surface area contributed by atoms with Crippen molar-refractivity contribution in [3.8, 4) is 0 Å². The van der Waals surface area contributed by atoms with E-state index in [2.05, 4.69) is 49.3 Å². The molecular formula is C23H33N3O. The van der Waals surface area contributed by atoms with Gasteiger partial charge in [0.1, 0.15) is 0 Å². The Morgan fingerprint density at radius 1 is 1.22 bits per heavy atom. The average molecular weight is 368 g/mol. The standard InChI is InChI=1S/C23H33N3O/c1-6-15-25(16-14-21-10-8-7-9-11-21)23(27)13-12-22-19(4)24-26(20(22)5)17-18(2)3/h6-11,18H,1,12-17H2,2-5H3. The maximum absolute atomic E-state index is 12.8. The number of aromatic nitrogens is 2. The Balaban J connectivity index is 1.97. The molecule has 1 heterocycles. The molecular weight excluding hydrogens is 334 g/mol. The molecule has 1 aromatic heterocycles. The lowest BCUT2D eigenvalue weighted by Crippen LogP contribution is -2.33. The van der Waals surface area contributed by atoms with Crippen molar-refractivity contribution in [1.82, 2.24) is 14.7 Å². The number of hydrogen-bond acceptors (Lipinski definition) is 2. The molecule has 0 unspecified atom stereocenters. The summed E-state index contributed by atoms with van der Waals surface area (Å²) in [6.07, 6.45) is 3.93. The van der Waals surface area contributed by atoms with Crippen LogP contribution in [0.5, 0.6) is 0 Å². The molecule has 4 nitrogen and oxygen atoms in total. The van der Waals surface area contributed by atoms with Gasteiger partial charge in [-0.2, -0.15) is 5.10 Å². The maximum Gasteiger partial charge on any atom is 0.223 e. The highest BCUT2D eigenvalue weighted by molar-refractivity contribution is 5.76. The molecule has 0 fully saturated rings. The number of rotatable bonds is 10. The van der Waals surface area contributed by atoms with Gasteiger partial charge in [-0.25, -0.2) is 0 Å². The number of carbonyl (C=O) groups is 1. The van der Waals surface area contributed by atoms with E-state index in [-0.39, 0.29) is 5.91 Å². The quantitative estimate of drug-likeness (QED) is 0.586. The summed E-state index contributed by atoms with van der Waals surface area (Å²) in [6.45, 7) is 14.6. The summed E-state index contributed by atoms with van der Waals surface area (Å²) in [5.41, 5.74) is 4.70. The zero-order valence-electron chi connectivity index (χ0n) is 17.2. The summed E-state index contributed by atoms with van der Waals surface area (Å²) >= 11 is 0. The molecule has 0 spiro atoms. The van der Waals surface area contributed by atoms with E-state index in [9.17, 15) is 4.79 Å². The van der Waals surface area contributed by atoms with E-state index in [1.165, 1.54) is 16.8 Å². The van der Waals surface area contributed by atoms with Crippen LogP contribution in [-0.4, -0.2) is 33.7 Å². The number of amides is 1. The fourth-order valence-corrected chi connectivity index (χ4v) is 3.39. The third kappa shape index (κ3) is 6.09. The Bertz CT molecular complexity index is 746. The summed E-state index contributed by atoms with van der Waals surface area (Å²) < 4.78 is 2.08. The highest BCUT2D eigenvalue weighted by Crippen LogP contribution is 2.17. The lowest BCUT2D eigenvalue weighted by atomic mass is 10.1. The Morgan fingerprint density at radius 3 is 2.56 bits per heavy atom. The molecule has 0 N–H and O–H groups in total. The van der Waals surface area contributed by atoms with Crippen molar-refractivity contribution in [2.24, 2.45) is 5.92 Å². The second kappa shape index (κ2) is 10.1. The Hall–Kier alpha value is -2.36. The minimum absolute atomic E-state index is 0.182. The predicted molar refractivity (Wildman–Crippen MR) is 112 cm³/mol. The predicted octanol–water partition coefficient (Wildman–Crippen LogP) is 4.35. The van der Waals surface area contributed by atoms with Gasteiger partial charge in [0, 0.05) is 31.7 Å². The smallest absolute Gasteiger partial charge is 0.223 e. The third-order valence-corrected chi connectivity index (χ3v) is 4.87. The summed E-state index contributed by atoms with van der Waals surface area (Å²) in [6, 6.07) is 10.3. The third-order valence-electron chi connectivity index (χ3n) is 4.87. The molecule has 2 rings (SSSR count). The second-order valence-corrected chi connectivity index (χ2v) is 7.59. The van der Waals surface area contributed by atoms with E-state index < -0.39 is 0 Å². The molecule has 0 saturated heterocycles. The average Bonchev–Trinajstić information content (AvgIpc) is 2.90. The lowest BCUT2D eigenvalue weighted by molar-refractivity contribution is -0.130. The van der Waals surface area contributed by atoms with Gasteiger partial charge < -0.3 is 4.90 Å². The lowest BCUT2D eigenvalue weighted by Gasteiger charge is -2.21. The fourth-order valence-electron chi connectivity index (χ4n) is 3.39. The molecule has 146 valence electrons. The van der Waals surface area contributed by atoms with Crippen molar-refractivity contribution in [2.75, 3.05) is 13.1 Å². The first-order valence-electron chi connectivity index (χ1n) is 9.87. The summed E-state index contributed by atoms with van der Waals surface area (Å²) in [5, 5.41) is 4.66. The molecule has 1 aromatic carbocycles. The molecule has 4 heteroatoms. The highest BCUT2D eigenvalue weighted by Gasteiger charge is 2.16. The molecule has 27 heavy (non-hydrogen) atoms. The minimum atomic E-state index is 0.182. The molecule has 0 aliphatic carbocycles. The van der Waals surface area contributed by atoms with Crippen LogP contribution in [-0.2, 0) is 24.2 Å². The van der Waals surface area contributed by atoms with Gasteiger partial charge in [-0.1, -0.05) is 50.3 Å². The minimum Gasteiger partial charge on any atom is -0.339 e. The molecule has 0 radical (unpaired) electrons.